The molecule has 1 aliphatic heterocycles. The van der Waals surface area contributed by atoms with Crippen molar-refractivity contribution >= 4 is 12.0 Å². The lowest BCUT2D eigenvalue weighted by molar-refractivity contribution is -0.126. The van der Waals surface area contributed by atoms with Gasteiger partial charge in [0.15, 0.2) is 11.5 Å². The maximum Gasteiger partial charge on any atom is 0.247 e. The summed E-state index contributed by atoms with van der Waals surface area (Å²) in [4.78, 5) is 14.8. The molecule has 3 rings (SSSR count). The molecule has 1 aliphatic rings. The van der Waals surface area contributed by atoms with Crippen LogP contribution in [0.2, 0.25) is 0 Å². The number of methoxy groups -OCH3 is 2. The fourth-order valence-electron chi connectivity index (χ4n) is 3.61. The molecule has 154 valence electrons. The van der Waals surface area contributed by atoms with E-state index in [1.165, 1.54) is 0 Å². The molecule has 0 spiro atoms. The number of hydrogen-bond donors (Lipinski definition) is 0. The highest BCUT2D eigenvalue weighted by molar-refractivity contribution is 5.92. The van der Waals surface area contributed by atoms with Crippen LogP contribution in [0.25, 0.3) is 6.08 Å². The van der Waals surface area contributed by atoms with Crippen LogP contribution in [0.3, 0.4) is 0 Å². The smallest absolute Gasteiger partial charge is 0.247 e. The first-order chi connectivity index (χ1) is 14.0. The fraction of sp³-hybridized carbons (Fsp3) is 0.375. The second-order valence-electron chi connectivity index (χ2n) is 7.37. The molecule has 1 amide bonds. The Hall–Kier alpha value is -2.95. The number of carbonyl (C=O) groups is 1. The Morgan fingerprint density at radius 1 is 1.07 bits per heavy atom. The fourth-order valence-corrected chi connectivity index (χ4v) is 3.61. The third-order valence-corrected chi connectivity index (χ3v) is 5.01. The maximum absolute atomic E-state index is 12.9. The van der Waals surface area contributed by atoms with Crippen molar-refractivity contribution < 1.29 is 19.0 Å². The van der Waals surface area contributed by atoms with E-state index in [9.17, 15) is 4.79 Å². The molecule has 0 N–H and O–H groups in total. The Morgan fingerprint density at radius 2 is 1.83 bits per heavy atom. The van der Waals surface area contributed by atoms with Gasteiger partial charge in [0.25, 0.3) is 0 Å². The van der Waals surface area contributed by atoms with E-state index < -0.39 is 0 Å². The quantitative estimate of drug-likeness (QED) is 0.628. The van der Waals surface area contributed by atoms with Crippen LogP contribution in [0.5, 0.6) is 17.2 Å². The predicted octanol–water partition coefficient (Wildman–Crippen LogP) is 4.87. The second kappa shape index (κ2) is 9.50. The summed E-state index contributed by atoms with van der Waals surface area (Å²) in [6.07, 6.45) is 5.51. The summed E-state index contributed by atoms with van der Waals surface area (Å²) < 4.78 is 16.4. The zero-order chi connectivity index (χ0) is 20.8. The highest BCUT2D eigenvalue weighted by atomic mass is 16.5. The number of hydrogen-bond acceptors (Lipinski definition) is 4. The second-order valence-corrected chi connectivity index (χ2v) is 7.37. The van der Waals surface area contributed by atoms with Gasteiger partial charge < -0.3 is 19.1 Å². The molecule has 0 saturated carbocycles. The normalized spacial score (nSPS) is 16.4. The summed E-state index contributed by atoms with van der Waals surface area (Å²) in [5.74, 6) is 2.20. The molecule has 0 aromatic heterocycles. The van der Waals surface area contributed by atoms with Gasteiger partial charge in [0, 0.05) is 12.6 Å². The van der Waals surface area contributed by atoms with Crippen LogP contribution in [0.4, 0.5) is 0 Å². The molecule has 0 bridgehead atoms. The molecule has 1 atom stereocenters. The number of carbonyl (C=O) groups excluding carboxylic acids is 1. The Bertz CT molecular complexity index is 858. The minimum atomic E-state index is 0.0183. The number of likely N-dealkylation sites (tertiary alicyclic amines) is 1. The van der Waals surface area contributed by atoms with E-state index >= 15 is 0 Å². The summed E-state index contributed by atoms with van der Waals surface area (Å²) in [6.45, 7) is 4.72. The van der Waals surface area contributed by atoms with Gasteiger partial charge in [-0.25, -0.2) is 0 Å². The number of amides is 1. The van der Waals surface area contributed by atoms with Crippen molar-refractivity contribution in [2.75, 3.05) is 20.8 Å². The van der Waals surface area contributed by atoms with Gasteiger partial charge in [-0.1, -0.05) is 18.2 Å². The first-order valence-electron chi connectivity index (χ1n) is 9.99. The van der Waals surface area contributed by atoms with Crippen LogP contribution in [0, 0.1) is 0 Å². The highest BCUT2D eigenvalue weighted by Crippen LogP contribution is 2.33. The van der Waals surface area contributed by atoms with E-state index in [2.05, 4.69) is 0 Å². The number of rotatable bonds is 7. The summed E-state index contributed by atoms with van der Waals surface area (Å²) >= 11 is 0. The molecular formula is C24H29NO4. The van der Waals surface area contributed by atoms with Crippen molar-refractivity contribution in [3.8, 4) is 17.2 Å². The van der Waals surface area contributed by atoms with Gasteiger partial charge >= 0.3 is 0 Å². The van der Waals surface area contributed by atoms with E-state index in [1.54, 1.807) is 20.3 Å². The predicted molar refractivity (Wildman–Crippen MR) is 114 cm³/mol. The van der Waals surface area contributed by atoms with Crippen LogP contribution in [0.1, 0.15) is 43.9 Å². The van der Waals surface area contributed by atoms with E-state index in [1.807, 2.05) is 67.3 Å². The molecule has 0 aliphatic carbocycles. The van der Waals surface area contributed by atoms with Gasteiger partial charge in [-0.3, -0.25) is 4.79 Å². The summed E-state index contributed by atoms with van der Waals surface area (Å²) in [7, 11) is 3.27. The average Bonchev–Trinajstić information content (AvgIpc) is 3.22. The number of nitrogens with zero attached hydrogens (tertiary/aromatic N) is 1. The highest BCUT2D eigenvalue weighted by Gasteiger charge is 2.28. The molecule has 5 heteroatoms. The molecule has 1 unspecified atom stereocenters. The first kappa shape index (κ1) is 20.8. The summed E-state index contributed by atoms with van der Waals surface area (Å²) in [6, 6.07) is 13.8. The molecule has 2 aromatic rings. The van der Waals surface area contributed by atoms with Gasteiger partial charge in [-0.05, 0) is 68.2 Å². The van der Waals surface area contributed by atoms with E-state index in [4.69, 9.17) is 14.2 Å². The lowest BCUT2D eigenvalue weighted by Crippen LogP contribution is -2.28. The van der Waals surface area contributed by atoms with Crippen LogP contribution >= 0.6 is 0 Å². The molecule has 1 saturated heterocycles. The first-order valence-corrected chi connectivity index (χ1v) is 9.99. The Kier molecular flexibility index (Phi) is 6.81. The van der Waals surface area contributed by atoms with Crippen LogP contribution in [-0.2, 0) is 4.79 Å². The SMILES string of the molecule is COc1ccc(C2CCCN2C(=O)/C=C/c2ccc(OC(C)C)c(OC)c2)cc1. The molecule has 1 fully saturated rings. The van der Waals surface area contributed by atoms with E-state index in [0.29, 0.717) is 11.5 Å². The van der Waals surface area contributed by atoms with Crippen molar-refractivity contribution in [3.63, 3.8) is 0 Å². The van der Waals surface area contributed by atoms with E-state index in [0.717, 1.165) is 36.3 Å². The molecule has 5 nitrogen and oxygen atoms in total. The van der Waals surface area contributed by atoms with E-state index in [-0.39, 0.29) is 18.1 Å². The van der Waals surface area contributed by atoms with Crippen molar-refractivity contribution in [1.82, 2.24) is 4.90 Å². The van der Waals surface area contributed by atoms with Crippen molar-refractivity contribution in [3.05, 3.63) is 59.7 Å². The van der Waals surface area contributed by atoms with Crippen LogP contribution in [-0.4, -0.2) is 37.7 Å². The Labute approximate surface area is 172 Å². The lowest BCUT2D eigenvalue weighted by Gasteiger charge is -2.24. The maximum atomic E-state index is 12.9. The number of ether oxygens (including phenoxy) is 3. The summed E-state index contributed by atoms with van der Waals surface area (Å²) in [5.41, 5.74) is 2.04. The largest absolute Gasteiger partial charge is 0.497 e. The zero-order valence-electron chi connectivity index (χ0n) is 17.6. The molecule has 29 heavy (non-hydrogen) atoms. The van der Waals surface area contributed by atoms with Gasteiger partial charge in [0.05, 0.1) is 26.4 Å². The van der Waals surface area contributed by atoms with Crippen molar-refractivity contribution in [2.45, 2.75) is 38.8 Å². The van der Waals surface area contributed by atoms with Crippen LogP contribution in [0.15, 0.2) is 48.5 Å². The number of benzene rings is 2. The van der Waals surface area contributed by atoms with Gasteiger partial charge in [0.2, 0.25) is 5.91 Å². The molecule has 1 heterocycles. The molecule has 2 aromatic carbocycles. The lowest BCUT2D eigenvalue weighted by atomic mass is 10.0. The monoisotopic (exact) mass is 395 g/mol. The minimum Gasteiger partial charge on any atom is -0.497 e. The topological polar surface area (TPSA) is 48.0 Å². The van der Waals surface area contributed by atoms with Gasteiger partial charge in [0.1, 0.15) is 5.75 Å². The summed E-state index contributed by atoms with van der Waals surface area (Å²) in [5, 5.41) is 0. The van der Waals surface area contributed by atoms with Gasteiger partial charge in [-0.2, -0.15) is 0 Å². The van der Waals surface area contributed by atoms with Crippen molar-refractivity contribution in [2.24, 2.45) is 0 Å². The third kappa shape index (κ3) is 5.11. The average molecular weight is 395 g/mol. The Balaban J connectivity index is 1.72. The third-order valence-electron chi connectivity index (χ3n) is 5.01. The molecular weight excluding hydrogens is 366 g/mol. The molecule has 0 radical (unpaired) electrons. The Morgan fingerprint density at radius 3 is 2.48 bits per heavy atom. The standard InChI is InChI=1S/C24H29NO4/c1-17(2)29-22-13-7-18(16-23(22)28-4)8-14-24(26)25-15-5-6-21(25)19-9-11-20(27-3)12-10-19/h7-14,16-17,21H,5-6,15H2,1-4H3/b14-8+. The van der Waals surface area contributed by atoms with Gasteiger partial charge in [-0.15, -0.1) is 0 Å². The van der Waals surface area contributed by atoms with Crippen molar-refractivity contribution in [1.29, 1.82) is 0 Å². The zero-order valence-corrected chi connectivity index (χ0v) is 17.6. The minimum absolute atomic E-state index is 0.0183. The van der Waals surface area contributed by atoms with Crippen LogP contribution < -0.4 is 14.2 Å².